The van der Waals surface area contributed by atoms with E-state index in [2.05, 4.69) is 5.32 Å². The Bertz CT molecular complexity index is 408. The molecule has 1 aromatic rings. The van der Waals surface area contributed by atoms with Gasteiger partial charge in [0.05, 0.1) is 11.0 Å². The van der Waals surface area contributed by atoms with Crippen molar-refractivity contribution in [3.63, 3.8) is 0 Å². The summed E-state index contributed by atoms with van der Waals surface area (Å²) < 4.78 is 5.25. The van der Waals surface area contributed by atoms with E-state index in [0.717, 1.165) is 0 Å². The molecule has 0 saturated heterocycles. The van der Waals surface area contributed by atoms with Gasteiger partial charge in [-0.2, -0.15) is 0 Å². The maximum Gasteiger partial charge on any atom is 0.258 e. The normalized spacial score (nSPS) is 11.6. The van der Waals surface area contributed by atoms with Gasteiger partial charge >= 0.3 is 0 Å². The summed E-state index contributed by atoms with van der Waals surface area (Å²) in [5.74, 6) is 0.299. The average molecular weight is 273 g/mol. The first-order valence-corrected chi connectivity index (χ1v) is 5.74. The lowest BCUT2D eigenvalue weighted by Gasteiger charge is -2.12. The Morgan fingerprint density at radius 2 is 2.12 bits per heavy atom. The molecule has 1 atom stereocenters. The molecular weight excluding hydrogens is 260 g/mol. The highest BCUT2D eigenvalue weighted by molar-refractivity contribution is 7.80. The molecule has 0 aliphatic heterocycles. The Hall–Kier alpha value is -1.33. The summed E-state index contributed by atoms with van der Waals surface area (Å²) in [6.45, 7) is 1.62. The molecule has 1 amide bonds. The second kappa shape index (κ2) is 6.42. The van der Waals surface area contributed by atoms with E-state index in [9.17, 15) is 4.79 Å². The zero-order valence-electron chi connectivity index (χ0n) is 9.27. The van der Waals surface area contributed by atoms with Crippen LogP contribution < -0.4 is 15.8 Å². The van der Waals surface area contributed by atoms with Gasteiger partial charge in [-0.15, -0.1) is 0 Å². The molecule has 6 heteroatoms. The summed E-state index contributed by atoms with van der Waals surface area (Å²) in [6, 6.07) is 6.41. The molecule has 0 heterocycles. The highest BCUT2D eigenvalue weighted by Crippen LogP contribution is 2.15. The van der Waals surface area contributed by atoms with E-state index in [1.54, 1.807) is 31.2 Å². The minimum Gasteiger partial charge on any atom is -0.484 e. The van der Waals surface area contributed by atoms with Crippen LogP contribution in [0.25, 0.3) is 0 Å². The third-order valence-electron chi connectivity index (χ3n) is 1.99. The van der Waals surface area contributed by atoms with E-state index >= 15 is 0 Å². The zero-order chi connectivity index (χ0) is 12.8. The standard InChI is InChI=1S/C11H13ClN2O2S/c1-7(11(13)17)14-10(15)6-16-9-4-2-8(12)3-5-9/h2-5,7H,6H2,1H3,(H2,13,17)(H,14,15). The minimum absolute atomic E-state index is 0.0887. The van der Waals surface area contributed by atoms with Crippen molar-refractivity contribution in [1.82, 2.24) is 5.32 Å². The maximum atomic E-state index is 11.4. The van der Waals surface area contributed by atoms with Crippen LogP contribution in [0.5, 0.6) is 5.75 Å². The number of benzene rings is 1. The Kier molecular flexibility index (Phi) is 5.18. The summed E-state index contributed by atoms with van der Waals surface area (Å²) in [6.07, 6.45) is 0. The van der Waals surface area contributed by atoms with Crippen LogP contribution >= 0.6 is 23.8 Å². The molecular formula is C11H13ClN2O2S. The van der Waals surface area contributed by atoms with Crippen LogP contribution in [0, 0.1) is 0 Å². The van der Waals surface area contributed by atoms with Gasteiger partial charge in [-0.1, -0.05) is 23.8 Å². The largest absolute Gasteiger partial charge is 0.484 e. The lowest BCUT2D eigenvalue weighted by Crippen LogP contribution is -2.43. The molecule has 3 N–H and O–H groups in total. The molecule has 1 unspecified atom stereocenters. The fourth-order valence-corrected chi connectivity index (χ4v) is 1.22. The van der Waals surface area contributed by atoms with Crippen molar-refractivity contribution >= 4 is 34.7 Å². The van der Waals surface area contributed by atoms with E-state index in [-0.39, 0.29) is 23.5 Å². The van der Waals surface area contributed by atoms with E-state index in [0.29, 0.717) is 10.8 Å². The highest BCUT2D eigenvalue weighted by atomic mass is 35.5. The molecule has 1 aromatic carbocycles. The van der Waals surface area contributed by atoms with Gasteiger partial charge in [-0.05, 0) is 31.2 Å². The smallest absolute Gasteiger partial charge is 0.258 e. The Morgan fingerprint density at radius 1 is 1.53 bits per heavy atom. The Balaban J connectivity index is 2.38. The lowest BCUT2D eigenvalue weighted by molar-refractivity contribution is -0.123. The number of amides is 1. The number of hydrogen-bond acceptors (Lipinski definition) is 3. The van der Waals surface area contributed by atoms with Gasteiger partial charge in [0.1, 0.15) is 5.75 Å². The monoisotopic (exact) mass is 272 g/mol. The van der Waals surface area contributed by atoms with Gasteiger partial charge in [0.25, 0.3) is 5.91 Å². The Labute approximate surface area is 110 Å². The zero-order valence-corrected chi connectivity index (χ0v) is 10.8. The van der Waals surface area contributed by atoms with Crippen LogP contribution in [0.3, 0.4) is 0 Å². The van der Waals surface area contributed by atoms with Crippen LogP contribution in [-0.2, 0) is 4.79 Å². The third-order valence-corrected chi connectivity index (χ3v) is 2.59. The molecule has 0 radical (unpaired) electrons. The first-order valence-electron chi connectivity index (χ1n) is 4.96. The molecule has 0 fully saturated rings. The van der Waals surface area contributed by atoms with E-state index in [1.807, 2.05) is 0 Å². The molecule has 0 saturated carbocycles. The quantitative estimate of drug-likeness (QED) is 0.798. The minimum atomic E-state index is -0.341. The van der Waals surface area contributed by atoms with E-state index in [4.69, 9.17) is 34.3 Å². The van der Waals surface area contributed by atoms with Crippen LogP contribution in [0.4, 0.5) is 0 Å². The molecule has 4 nitrogen and oxygen atoms in total. The van der Waals surface area contributed by atoms with Crippen LogP contribution in [0.2, 0.25) is 5.02 Å². The summed E-state index contributed by atoms with van der Waals surface area (Å²) in [5.41, 5.74) is 5.37. The van der Waals surface area contributed by atoms with E-state index in [1.165, 1.54) is 0 Å². The van der Waals surface area contributed by atoms with Gasteiger partial charge in [0, 0.05) is 5.02 Å². The topological polar surface area (TPSA) is 64.3 Å². The molecule has 0 spiro atoms. The maximum absolute atomic E-state index is 11.4. The summed E-state index contributed by atoms with van der Waals surface area (Å²) in [5, 5.41) is 3.22. The fourth-order valence-electron chi connectivity index (χ4n) is 1.03. The number of hydrogen-bond donors (Lipinski definition) is 2. The molecule has 0 aromatic heterocycles. The third kappa shape index (κ3) is 5.01. The number of carbonyl (C=O) groups excluding carboxylic acids is 1. The average Bonchev–Trinajstić information content (AvgIpc) is 2.28. The summed E-state index contributed by atoms with van der Waals surface area (Å²) in [4.78, 5) is 11.7. The van der Waals surface area contributed by atoms with Gasteiger partial charge < -0.3 is 15.8 Å². The molecule has 17 heavy (non-hydrogen) atoms. The van der Waals surface area contributed by atoms with Crippen molar-refractivity contribution in [2.45, 2.75) is 13.0 Å². The Morgan fingerprint density at radius 3 is 2.65 bits per heavy atom. The number of rotatable bonds is 5. The number of ether oxygens (including phenoxy) is 1. The van der Waals surface area contributed by atoms with Crippen LogP contribution in [0.15, 0.2) is 24.3 Å². The van der Waals surface area contributed by atoms with Gasteiger partial charge in [-0.25, -0.2) is 0 Å². The van der Waals surface area contributed by atoms with Crippen molar-refractivity contribution in [2.24, 2.45) is 5.73 Å². The number of carbonyl (C=O) groups is 1. The first-order chi connectivity index (χ1) is 7.99. The van der Waals surface area contributed by atoms with Gasteiger partial charge in [0.15, 0.2) is 6.61 Å². The molecule has 1 rings (SSSR count). The van der Waals surface area contributed by atoms with Gasteiger partial charge in [0.2, 0.25) is 0 Å². The molecule has 0 aliphatic carbocycles. The second-order valence-electron chi connectivity index (χ2n) is 3.43. The van der Waals surface area contributed by atoms with Crippen molar-refractivity contribution in [3.8, 4) is 5.75 Å². The van der Waals surface area contributed by atoms with Gasteiger partial charge in [-0.3, -0.25) is 4.79 Å². The van der Waals surface area contributed by atoms with Crippen molar-refractivity contribution in [2.75, 3.05) is 6.61 Å². The predicted octanol–water partition coefficient (Wildman–Crippen LogP) is 1.51. The summed E-state index contributed by atoms with van der Waals surface area (Å²) in [7, 11) is 0. The summed E-state index contributed by atoms with van der Waals surface area (Å²) >= 11 is 10.5. The fraction of sp³-hybridized carbons (Fsp3) is 0.273. The van der Waals surface area contributed by atoms with Crippen molar-refractivity contribution < 1.29 is 9.53 Å². The lowest BCUT2D eigenvalue weighted by atomic mass is 10.3. The number of thiocarbonyl (C=S) groups is 1. The number of nitrogens with two attached hydrogens (primary N) is 1. The number of nitrogens with one attached hydrogen (secondary N) is 1. The van der Waals surface area contributed by atoms with Crippen molar-refractivity contribution in [3.05, 3.63) is 29.3 Å². The molecule has 0 bridgehead atoms. The van der Waals surface area contributed by atoms with Crippen LogP contribution in [0.1, 0.15) is 6.92 Å². The predicted molar refractivity (Wildman–Crippen MR) is 71.3 cm³/mol. The SMILES string of the molecule is CC(NC(=O)COc1ccc(Cl)cc1)C(N)=S. The molecule has 0 aliphatic rings. The highest BCUT2D eigenvalue weighted by Gasteiger charge is 2.09. The number of halogens is 1. The molecule has 92 valence electrons. The van der Waals surface area contributed by atoms with E-state index < -0.39 is 0 Å². The second-order valence-corrected chi connectivity index (χ2v) is 4.34. The van der Waals surface area contributed by atoms with Crippen molar-refractivity contribution in [1.29, 1.82) is 0 Å². The first kappa shape index (κ1) is 13.7. The van der Waals surface area contributed by atoms with Crippen LogP contribution in [-0.4, -0.2) is 23.5 Å².